The molecule has 0 bridgehead atoms. The Balaban J connectivity index is 2.03. The molecule has 3 aliphatic carbocycles. The van der Waals surface area contributed by atoms with Crippen LogP contribution in [-0.4, -0.2) is 8.67 Å². The second kappa shape index (κ2) is 1.66. The molecule has 0 aromatic carbocycles. The van der Waals surface area contributed by atoms with E-state index in [2.05, 4.69) is 49.1 Å². The summed E-state index contributed by atoms with van der Waals surface area (Å²) in [6.07, 6.45) is 1.40. The zero-order valence-corrected chi connectivity index (χ0v) is 9.89. The maximum absolute atomic E-state index is 4.66. The molecule has 0 N–H and O–H groups in total. The van der Waals surface area contributed by atoms with Crippen LogP contribution in [0.5, 0.6) is 0 Å². The van der Waals surface area contributed by atoms with E-state index in [-0.39, 0.29) is 0 Å². The van der Waals surface area contributed by atoms with Crippen LogP contribution in [0.4, 0.5) is 0 Å². The van der Waals surface area contributed by atoms with Gasteiger partial charge < -0.3 is 0 Å². The third kappa shape index (κ3) is 0.516. The average molecular weight is 280 g/mol. The summed E-state index contributed by atoms with van der Waals surface area (Å²) in [7, 11) is 0. The fourth-order valence-electron chi connectivity index (χ4n) is 4.15. The molecule has 3 fully saturated rings. The molecule has 0 aliphatic heterocycles. The Morgan fingerprint density at radius 3 is 2.55 bits per heavy atom. The van der Waals surface area contributed by atoms with Gasteiger partial charge in [-0.3, -0.25) is 0 Å². The molecule has 3 aliphatic rings. The van der Waals surface area contributed by atoms with Crippen molar-refractivity contribution in [1.29, 1.82) is 0 Å². The lowest BCUT2D eigenvalue weighted by molar-refractivity contribution is 0.618. The van der Waals surface area contributed by atoms with Gasteiger partial charge in [0.25, 0.3) is 0 Å². The first-order valence-electron chi connectivity index (χ1n) is 4.41. The van der Waals surface area contributed by atoms with E-state index in [4.69, 9.17) is 0 Å². The van der Waals surface area contributed by atoms with Crippen LogP contribution in [0.3, 0.4) is 0 Å². The Bertz CT molecular complexity index is 238. The summed E-state index contributed by atoms with van der Waals surface area (Å²) in [5.41, 5.74) is 0.764. The lowest BCUT2D eigenvalue weighted by atomic mass is 10.1. The van der Waals surface area contributed by atoms with E-state index in [9.17, 15) is 0 Å². The molecule has 4 unspecified atom stereocenters. The van der Waals surface area contributed by atoms with Gasteiger partial charge in [-0.2, -0.15) is 12.6 Å². The van der Waals surface area contributed by atoms with Crippen LogP contribution in [0.2, 0.25) is 0 Å². The monoisotopic (exact) mass is 280 g/mol. The van der Waals surface area contributed by atoms with Crippen LogP contribution < -0.4 is 0 Å². The summed E-state index contributed by atoms with van der Waals surface area (Å²) < 4.78 is 0.611. The van der Waals surface area contributed by atoms with Gasteiger partial charge in [0.05, 0.1) is 0 Å². The van der Waals surface area contributed by atoms with E-state index in [1.54, 1.807) is 0 Å². The highest BCUT2D eigenvalue weighted by molar-refractivity contribution is 14.1. The van der Waals surface area contributed by atoms with Crippen LogP contribution in [0.25, 0.3) is 0 Å². The predicted octanol–water partition coefficient (Wildman–Crippen LogP) is 2.76. The van der Waals surface area contributed by atoms with Crippen molar-refractivity contribution in [2.75, 3.05) is 0 Å². The molecule has 3 saturated carbocycles. The van der Waals surface area contributed by atoms with E-state index in [1.165, 1.54) is 6.42 Å². The minimum absolute atomic E-state index is 0.611. The highest BCUT2D eigenvalue weighted by atomic mass is 127. The van der Waals surface area contributed by atoms with Gasteiger partial charge in [-0.15, -0.1) is 0 Å². The Kier molecular flexibility index (Phi) is 1.13. The number of halogens is 1. The molecular formula is C9H13IS. The summed E-state index contributed by atoms with van der Waals surface area (Å²) in [6.45, 7) is 4.86. The first-order valence-corrected chi connectivity index (χ1v) is 6.01. The highest BCUT2D eigenvalue weighted by Crippen LogP contribution is 2.92. The summed E-state index contributed by atoms with van der Waals surface area (Å²) in [5, 5.41) is 0.720. The van der Waals surface area contributed by atoms with Gasteiger partial charge >= 0.3 is 0 Å². The van der Waals surface area contributed by atoms with Crippen molar-refractivity contribution >= 4 is 35.2 Å². The number of alkyl halides is 1. The van der Waals surface area contributed by atoms with Crippen LogP contribution in [0, 0.1) is 23.2 Å². The third-order valence-electron chi connectivity index (χ3n) is 4.60. The highest BCUT2D eigenvalue weighted by Gasteiger charge is 2.92. The third-order valence-corrected chi connectivity index (χ3v) is 6.72. The van der Waals surface area contributed by atoms with Gasteiger partial charge in [0.1, 0.15) is 0 Å². The van der Waals surface area contributed by atoms with Crippen LogP contribution in [0.1, 0.15) is 20.3 Å². The molecule has 0 aromatic rings. The fourth-order valence-corrected chi connectivity index (χ4v) is 7.22. The van der Waals surface area contributed by atoms with Gasteiger partial charge in [0.2, 0.25) is 0 Å². The van der Waals surface area contributed by atoms with Crippen molar-refractivity contribution in [1.82, 2.24) is 0 Å². The fraction of sp³-hybridized carbons (Fsp3) is 1.00. The number of hydrogen-bond acceptors (Lipinski definition) is 1. The molecule has 3 rings (SSSR count). The minimum atomic E-state index is 0.611. The molecule has 0 nitrogen and oxygen atoms in total. The summed E-state index contributed by atoms with van der Waals surface area (Å²) in [4.78, 5) is 0. The maximum Gasteiger partial charge on any atom is 0.0303 e. The molecule has 1 spiro atoms. The van der Waals surface area contributed by atoms with Gasteiger partial charge in [-0.1, -0.05) is 29.5 Å². The van der Waals surface area contributed by atoms with E-state index in [0.717, 1.165) is 28.4 Å². The quantitative estimate of drug-likeness (QED) is 0.394. The van der Waals surface area contributed by atoms with Crippen molar-refractivity contribution in [2.24, 2.45) is 23.2 Å². The Labute approximate surface area is 87.1 Å². The van der Waals surface area contributed by atoms with Crippen LogP contribution in [0.15, 0.2) is 0 Å². The number of rotatable bonds is 0. The molecule has 0 amide bonds. The second-order valence-corrected chi connectivity index (χ2v) is 7.59. The van der Waals surface area contributed by atoms with Crippen LogP contribution >= 0.6 is 35.2 Å². The molecule has 0 radical (unpaired) electrons. The van der Waals surface area contributed by atoms with Crippen molar-refractivity contribution in [3.63, 3.8) is 0 Å². The molecule has 11 heavy (non-hydrogen) atoms. The van der Waals surface area contributed by atoms with Crippen molar-refractivity contribution in [3.05, 3.63) is 0 Å². The van der Waals surface area contributed by atoms with E-state index >= 15 is 0 Å². The molecule has 6 atom stereocenters. The van der Waals surface area contributed by atoms with Gasteiger partial charge in [-0.25, -0.2) is 0 Å². The lowest BCUT2D eigenvalue weighted by Crippen LogP contribution is -2.09. The smallest absolute Gasteiger partial charge is 0.0303 e. The molecule has 0 heterocycles. The van der Waals surface area contributed by atoms with Gasteiger partial charge in [0, 0.05) is 8.67 Å². The van der Waals surface area contributed by atoms with E-state index in [0.29, 0.717) is 3.42 Å². The Morgan fingerprint density at radius 2 is 2.18 bits per heavy atom. The molecule has 62 valence electrons. The van der Waals surface area contributed by atoms with Crippen molar-refractivity contribution < 1.29 is 0 Å². The van der Waals surface area contributed by atoms with E-state index in [1.807, 2.05) is 0 Å². The summed E-state index contributed by atoms with van der Waals surface area (Å²) in [5.74, 6) is 2.99. The lowest BCUT2D eigenvalue weighted by Gasteiger charge is -2.09. The van der Waals surface area contributed by atoms with Crippen molar-refractivity contribution in [3.8, 4) is 0 Å². The predicted molar refractivity (Wildman–Crippen MR) is 58.4 cm³/mol. The average Bonchev–Trinajstić information content (AvgIpc) is 2.54. The number of thiol groups is 1. The van der Waals surface area contributed by atoms with E-state index < -0.39 is 0 Å². The topological polar surface area (TPSA) is 0 Å². The standard InChI is InChI=1S/C9H13IS/c1-4-5-3-6(11)7-8(2,10)9(4,5)7/h4-7,11H,3H2,1-2H3/t4?,5?,6?,7-,8?,9-/m1/s1. The SMILES string of the molecule is CC1C2CC(S)[C@@H]3C(C)(I)[C@]123. The summed E-state index contributed by atoms with van der Waals surface area (Å²) >= 11 is 7.33. The first-order chi connectivity index (χ1) is 5.04. The van der Waals surface area contributed by atoms with Crippen LogP contribution in [-0.2, 0) is 0 Å². The molecule has 0 aromatic heterocycles. The maximum atomic E-state index is 4.66. The first kappa shape index (κ1) is 7.48. The Morgan fingerprint density at radius 1 is 1.55 bits per heavy atom. The molecule has 0 saturated heterocycles. The second-order valence-electron chi connectivity index (χ2n) is 4.68. The van der Waals surface area contributed by atoms with Gasteiger partial charge in [-0.05, 0) is 36.5 Å². The molecule has 2 heteroatoms. The Hall–Kier alpha value is 1.08. The largest absolute Gasteiger partial charge is 0.176 e. The minimum Gasteiger partial charge on any atom is -0.176 e. The number of hydrogen-bond donors (Lipinski definition) is 1. The van der Waals surface area contributed by atoms with Gasteiger partial charge in [0.15, 0.2) is 0 Å². The summed E-state index contributed by atoms with van der Waals surface area (Å²) in [6, 6.07) is 0. The zero-order valence-electron chi connectivity index (χ0n) is 6.84. The van der Waals surface area contributed by atoms with Crippen molar-refractivity contribution in [2.45, 2.75) is 28.9 Å². The molecular weight excluding hydrogens is 267 g/mol. The zero-order chi connectivity index (χ0) is 8.02. The normalized spacial score (nSPS) is 77.5.